The minimum atomic E-state index is -0.655. The molecule has 1 aliphatic carbocycles. The molecule has 7 heteroatoms. The first-order valence-corrected chi connectivity index (χ1v) is 10.2. The van der Waals surface area contributed by atoms with Gasteiger partial charge in [-0.3, -0.25) is 9.59 Å². The van der Waals surface area contributed by atoms with Crippen LogP contribution in [-0.4, -0.2) is 29.0 Å². The lowest BCUT2D eigenvalue weighted by Gasteiger charge is -2.23. The first-order chi connectivity index (χ1) is 14.5. The second kappa shape index (κ2) is 7.22. The van der Waals surface area contributed by atoms with E-state index in [1.165, 1.54) is 12.1 Å². The van der Waals surface area contributed by atoms with Crippen LogP contribution in [0.15, 0.2) is 41.2 Å². The molecule has 2 aromatic carbocycles. The molecule has 2 fully saturated rings. The number of hydrogen-bond acceptors (Lipinski definition) is 4. The fourth-order valence-electron chi connectivity index (χ4n) is 4.96. The number of nitriles is 1. The molecule has 1 saturated carbocycles. The minimum Gasteiger partial charge on any atom is -0.339 e. The zero-order valence-corrected chi connectivity index (χ0v) is 16.2. The predicted octanol–water partition coefficient (Wildman–Crippen LogP) is 2.51. The summed E-state index contributed by atoms with van der Waals surface area (Å²) in [4.78, 5) is 27.8. The van der Waals surface area contributed by atoms with E-state index < -0.39 is 11.9 Å². The van der Waals surface area contributed by atoms with Crippen LogP contribution in [0, 0.1) is 23.1 Å². The predicted molar refractivity (Wildman–Crippen MR) is 111 cm³/mol. The number of carbonyl (C=O) groups excluding carboxylic acids is 1. The van der Waals surface area contributed by atoms with Crippen LogP contribution < -0.4 is 16.2 Å². The number of piperidine rings is 1. The maximum absolute atomic E-state index is 13.5. The summed E-state index contributed by atoms with van der Waals surface area (Å²) in [6.07, 6.45) is 3.54. The van der Waals surface area contributed by atoms with Crippen LogP contribution in [0.2, 0.25) is 0 Å². The number of amides is 1. The smallest absolute Gasteiger partial charge is 0.256 e. The Hall–Kier alpha value is -3.24. The van der Waals surface area contributed by atoms with Crippen molar-refractivity contribution in [2.75, 3.05) is 0 Å². The molecule has 0 spiro atoms. The Labute approximate surface area is 172 Å². The Morgan fingerprint density at radius 3 is 2.77 bits per heavy atom. The summed E-state index contributed by atoms with van der Waals surface area (Å²) in [6.45, 7) is 0. The van der Waals surface area contributed by atoms with Crippen LogP contribution >= 0.6 is 0 Å². The van der Waals surface area contributed by atoms with Gasteiger partial charge in [-0.1, -0.05) is 18.2 Å². The van der Waals surface area contributed by atoms with Crippen LogP contribution in [0.1, 0.15) is 24.8 Å². The summed E-state index contributed by atoms with van der Waals surface area (Å²) in [5.41, 5.74) is 1.09. The van der Waals surface area contributed by atoms with Gasteiger partial charge in [0.2, 0.25) is 5.91 Å². The highest BCUT2D eigenvalue weighted by Crippen LogP contribution is 2.35. The van der Waals surface area contributed by atoms with E-state index in [4.69, 9.17) is 0 Å². The van der Waals surface area contributed by atoms with E-state index >= 15 is 0 Å². The lowest BCUT2D eigenvalue weighted by molar-refractivity contribution is -0.124. The summed E-state index contributed by atoms with van der Waals surface area (Å²) >= 11 is 0. The number of halogens is 1. The quantitative estimate of drug-likeness (QED) is 0.582. The molecule has 2 heterocycles. The van der Waals surface area contributed by atoms with Crippen molar-refractivity contribution in [2.24, 2.45) is 5.92 Å². The molecule has 2 bridgehead atoms. The van der Waals surface area contributed by atoms with Gasteiger partial charge in [0, 0.05) is 23.4 Å². The number of nitrogens with zero attached hydrogens (tertiary/aromatic N) is 1. The molecule has 2 aliphatic rings. The normalized spacial score (nSPS) is 23.5. The maximum Gasteiger partial charge on any atom is 0.256 e. The number of benzene rings is 2. The van der Waals surface area contributed by atoms with Gasteiger partial charge in [-0.25, -0.2) is 4.39 Å². The maximum atomic E-state index is 13.5. The lowest BCUT2D eigenvalue weighted by atomic mass is 9.98. The van der Waals surface area contributed by atoms with Crippen molar-refractivity contribution in [1.82, 2.24) is 15.6 Å². The van der Waals surface area contributed by atoms with Gasteiger partial charge in [0.1, 0.15) is 11.9 Å². The van der Waals surface area contributed by atoms with Gasteiger partial charge < -0.3 is 15.6 Å². The van der Waals surface area contributed by atoms with E-state index in [0.717, 1.165) is 30.2 Å². The topological polar surface area (TPSA) is 97.8 Å². The van der Waals surface area contributed by atoms with Gasteiger partial charge in [-0.05, 0) is 54.3 Å². The van der Waals surface area contributed by atoms with Crippen LogP contribution in [0.25, 0.3) is 21.7 Å². The van der Waals surface area contributed by atoms with Crippen molar-refractivity contribution in [3.05, 3.63) is 58.1 Å². The largest absolute Gasteiger partial charge is 0.339 e. The van der Waals surface area contributed by atoms with Gasteiger partial charge in [0.05, 0.1) is 17.5 Å². The molecule has 1 aromatic heterocycles. The Bertz CT molecular complexity index is 1260. The third kappa shape index (κ3) is 3.23. The molecule has 5 rings (SSSR count). The van der Waals surface area contributed by atoms with E-state index in [9.17, 15) is 19.2 Å². The van der Waals surface area contributed by atoms with Crippen LogP contribution in [-0.2, 0) is 11.2 Å². The average Bonchev–Trinajstić information content (AvgIpc) is 3.37. The molecule has 1 amide bonds. The fraction of sp³-hybridized carbons (Fsp3) is 0.348. The van der Waals surface area contributed by atoms with Gasteiger partial charge in [0.15, 0.2) is 0 Å². The monoisotopic (exact) mass is 404 g/mol. The highest BCUT2D eigenvalue weighted by molar-refractivity contribution is 6.05. The van der Waals surface area contributed by atoms with E-state index in [1.807, 2.05) is 18.2 Å². The van der Waals surface area contributed by atoms with Gasteiger partial charge >= 0.3 is 0 Å². The number of hydrogen-bond donors (Lipinski definition) is 3. The highest BCUT2D eigenvalue weighted by atomic mass is 19.1. The fourth-order valence-corrected chi connectivity index (χ4v) is 4.96. The number of aromatic nitrogens is 1. The summed E-state index contributed by atoms with van der Waals surface area (Å²) in [6, 6.07) is 11.4. The number of aromatic amines is 1. The SMILES string of the molecule is N#CC(Cc1ccc2c(c1)[nH]c(=O)c1cc(F)ccc12)NC(=O)C1NC2CCC1C2. The van der Waals surface area contributed by atoms with Crippen molar-refractivity contribution in [1.29, 1.82) is 5.26 Å². The Morgan fingerprint density at radius 1 is 1.20 bits per heavy atom. The Kier molecular flexibility index (Phi) is 4.52. The molecular weight excluding hydrogens is 383 g/mol. The summed E-state index contributed by atoms with van der Waals surface area (Å²) in [5.74, 6) is -0.212. The summed E-state index contributed by atoms with van der Waals surface area (Å²) < 4.78 is 13.5. The first kappa shape index (κ1) is 18.8. The molecule has 0 radical (unpaired) electrons. The molecule has 6 nitrogen and oxygen atoms in total. The van der Waals surface area contributed by atoms with Gasteiger partial charge in [0.25, 0.3) is 5.56 Å². The van der Waals surface area contributed by atoms with E-state index in [2.05, 4.69) is 21.7 Å². The molecule has 30 heavy (non-hydrogen) atoms. The third-order valence-corrected chi connectivity index (χ3v) is 6.40. The van der Waals surface area contributed by atoms with Crippen LogP contribution in [0.5, 0.6) is 0 Å². The van der Waals surface area contributed by atoms with Gasteiger partial charge in [-0.15, -0.1) is 0 Å². The minimum absolute atomic E-state index is 0.115. The molecule has 4 atom stereocenters. The zero-order valence-electron chi connectivity index (χ0n) is 16.2. The van der Waals surface area contributed by atoms with Crippen molar-refractivity contribution in [3.8, 4) is 6.07 Å². The second-order valence-corrected chi connectivity index (χ2v) is 8.33. The van der Waals surface area contributed by atoms with E-state index in [1.54, 1.807) is 6.07 Å². The van der Waals surface area contributed by atoms with Crippen molar-refractivity contribution in [3.63, 3.8) is 0 Å². The molecule has 4 unspecified atom stereocenters. The van der Waals surface area contributed by atoms with Crippen molar-refractivity contribution >= 4 is 27.6 Å². The van der Waals surface area contributed by atoms with Crippen LogP contribution in [0.4, 0.5) is 4.39 Å². The zero-order chi connectivity index (χ0) is 20.8. The number of fused-ring (bicyclic) bond motifs is 5. The van der Waals surface area contributed by atoms with Gasteiger partial charge in [-0.2, -0.15) is 5.26 Å². The lowest BCUT2D eigenvalue weighted by Crippen LogP contribution is -2.50. The van der Waals surface area contributed by atoms with Crippen molar-refractivity contribution < 1.29 is 9.18 Å². The molecule has 3 N–H and O–H groups in total. The first-order valence-electron chi connectivity index (χ1n) is 10.2. The Balaban J connectivity index is 1.38. The molecule has 1 saturated heterocycles. The summed E-state index contributed by atoms with van der Waals surface area (Å²) in [7, 11) is 0. The number of H-pyrrole nitrogens is 1. The van der Waals surface area contributed by atoms with E-state index in [0.29, 0.717) is 34.7 Å². The highest BCUT2D eigenvalue weighted by Gasteiger charge is 2.43. The number of pyridine rings is 1. The second-order valence-electron chi connectivity index (χ2n) is 8.33. The number of rotatable bonds is 4. The van der Waals surface area contributed by atoms with Crippen molar-refractivity contribution in [2.45, 2.75) is 43.8 Å². The molecule has 1 aliphatic heterocycles. The molecule has 152 valence electrons. The number of carbonyl (C=O) groups is 1. The third-order valence-electron chi connectivity index (χ3n) is 6.40. The Morgan fingerprint density at radius 2 is 2.03 bits per heavy atom. The number of nitrogens with one attached hydrogen (secondary N) is 3. The van der Waals surface area contributed by atoms with Crippen LogP contribution in [0.3, 0.4) is 0 Å². The summed E-state index contributed by atoms with van der Waals surface area (Å²) in [5, 5.41) is 17.5. The average molecular weight is 404 g/mol. The standard InChI is InChI=1S/C23H21FN4O2/c24-14-3-6-17-18-5-1-12(8-20(18)28-22(29)19(17)10-14)7-16(11-25)27-23(30)21-13-2-4-15(9-13)26-21/h1,3,5-6,8,10,13,15-16,21,26H,2,4,7,9H2,(H,27,30)(H,28,29). The molecular formula is C23H21FN4O2. The molecule has 3 aromatic rings. The van der Waals surface area contributed by atoms with E-state index in [-0.39, 0.29) is 17.5 Å².